The monoisotopic (exact) mass is 260 g/mol. The molecule has 0 amide bonds. The second-order valence-corrected chi connectivity index (χ2v) is 5.91. The molecule has 106 valence electrons. The number of nitrogens with one attached hydrogen (secondary N) is 1. The van der Waals surface area contributed by atoms with E-state index in [1.165, 1.54) is 37.7 Å². The molecule has 1 fully saturated rings. The predicted octanol–water partition coefficient (Wildman–Crippen LogP) is 3.82. The first-order valence-electron chi connectivity index (χ1n) is 7.95. The van der Waals surface area contributed by atoms with Crippen LogP contribution < -0.4 is 5.32 Å². The van der Waals surface area contributed by atoms with Gasteiger partial charge in [-0.3, -0.25) is 4.98 Å². The summed E-state index contributed by atoms with van der Waals surface area (Å²) in [4.78, 5) is 4.11. The SMILES string of the molecule is CCNC(Cc1ccncc1)C1CCC(CC)CC1. The van der Waals surface area contributed by atoms with Gasteiger partial charge in [0.15, 0.2) is 0 Å². The highest BCUT2D eigenvalue weighted by Crippen LogP contribution is 2.33. The lowest BCUT2D eigenvalue weighted by atomic mass is 9.76. The molecular weight excluding hydrogens is 232 g/mol. The van der Waals surface area contributed by atoms with Crippen LogP contribution in [0.5, 0.6) is 0 Å². The van der Waals surface area contributed by atoms with E-state index < -0.39 is 0 Å². The number of aromatic nitrogens is 1. The third-order valence-corrected chi connectivity index (χ3v) is 4.71. The second-order valence-electron chi connectivity index (χ2n) is 5.91. The zero-order chi connectivity index (χ0) is 13.5. The summed E-state index contributed by atoms with van der Waals surface area (Å²) < 4.78 is 0. The van der Waals surface area contributed by atoms with Crippen LogP contribution in [-0.4, -0.2) is 17.6 Å². The van der Waals surface area contributed by atoms with Gasteiger partial charge in [-0.05, 0) is 55.3 Å². The summed E-state index contributed by atoms with van der Waals surface area (Å²) in [7, 11) is 0. The Kier molecular flexibility index (Phi) is 5.84. The van der Waals surface area contributed by atoms with Crippen LogP contribution in [0.1, 0.15) is 51.5 Å². The summed E-state index contributed by atoms with van der Waals surface area (Å²) in [5.74, 6) is 1.84. The quantitative estimate of drug-likeness (QED) is 0.841. The number of likely N-dealkylation sites (N-methyl/N-ethyl adjacent to an activating group) is 1. The highest BCUT2D eigenvalue weighted by atomic mass is 14.9. The second kappa shape index (κ2) is 7.64. The summed E-state index contributed by atoms with van der Waals surface area (Å²) in [6.07, 6.45) is 12.0. The third kappa shape index (κ3) is 4.31. The minimum atomic E-state index is 0.644. The minimum absolute atomic E-state index is 0.644. The Morgan fingerprint density at radius 1 is 1.16 bits per heavy atom. The van der Waals surface area contributed by atoms with Crippen LogP contribution in [0.2, 0.25) is 0 Å². The van der Waals surface area contributed by atoms with Crippen molar-refractivity contribution < 1.29 is 0 Å². The highest BCUT2D eigenvalue weighted by Gasteiger charge is 2.26. The highest BCUT2D eigenvalue weighted by molar-refractivity contribution is 5.12. The van der Waals surface area contributed by atoms with Gasteiger partial charge in [0.2, 0.25) is 0 Å². The maximum Gasteiger partial charge on any atom is 0.0270 e. The van der Waals surface area contributed by atoms with Crippen molar-refractivity contribution in [1.82, 2.24) is 10.3 Å². The van der Waals surface area contributed by atoms with Gasteiger partial charge in [-0.15, -0.1) is 0 Å². The molecule has 2 nitrogen and oxygen atoms in total. The molecule has 0 saturated heterocycles. The topological polar surface area (TPSA) is 24.9 Å². The molecule has 0 aliphatic heterocycles. The summed E-state index contributed by atoms with van der Waals surface area (Å²) in [6, 6.07) is 4.95. The van der Waals surface area contributed by atoms with Crippen LogP contribution in [-0.2, 0) is 6.42 Å². The number of hydrogen-bond donors (Lipinski definition) is 1. The van der Waals surface area contributed by atoms with E-state index in [0.717, 1.165) is 24.8 Å². The van der Waals surface area contributed by atoms with E-state index in [1.807, 2.05) is 12.4 Å². The molecular formula is C17H28N2. The molecule has 2 rings (SSSR count). The molecule has 19 heavy (non-hydrogen) atoms. The minimum Gasteiger partial charge on any atom is -0.314 e. The number of nitrogens with zero attached hydrogens (tertiary/aromatic N) is 1. The largest absolute Gasteiger partial charge is 0.314 e. The average Bonchev–Trinajstić information content (AvgIpc) is 2.48. The fourth-order valence-electron chi connectivity index (χ4n) is 3.44. The lowest BCUT2D eigenvalue weighted by Gasteiger charge is -2.34. The van der Waals surface area contributed by atoms with E-state index in [4.69, 9.17) is 0 Å². The smallest absolute Gasteiger partial charge is 0.0270 e. The van der Waals surface area contributed by atoms with Gasteiger partial charge in [0, 0.05) is 18.4 Å². The maximum absolute atomic E-state index is 4.11. The first-order valence-corrected chi connectivity index (χ1v) is 7.95. The first kappa shape index (κ1) is 14.5. The van der Waals surface area contributed by atoms with Crippen LogP contribution in [0.3, 0.4) is 0 Å². The van der Waals surface area contributed by atoms with Crippen molar-refractivity contribution in [3.8, 4) is 0 Å². The Bertz CT molecular complexity index is 342. The van der Waals surface area contributed by atoms with Crippen LogP contribution in [0, 0.1) is 11.8 Å². The van der Waals surface area contributed by atoms with Crippen molar-refractivity contribution in [2.45, 2.75) is 58.4 Å². The number of rotatable bonds is 6. The fourth-order valence-corrected chi connectivity index (χ4v) is 3.44. The van der Waals surface area contributed by atoms with Gasteiger partial charge in [0.1, 0.15) is 0 Å². The summed E-state index contributed by atoms with van der Waals surface area (Å²) >= 11 is 0. The summed E-state index contributed by atoms with van der Waals surface area (Å²) in [5, 5.41) is 3.71. The Balaban J connectivity index is 1.92. The van der Waals surface area contributed by atoms with E-state index in [-0.39, 0.29) is 0 Å². The molecule has 1 aliphatic rings. The summed E-state index contributed by atoms with van der Waals surface area (Å²) in [6.45, 7) is 5.63. The zero-order valence-corrected chi connectivity index (χ0v) is 12.4. The van der Waals surface area contributed by atoms with Crippen LogP contribution in [0.4, 0.5) is 0 Å². The van der Waals surface area contributed by atoms with Gasteiger partial charge < -0.3 is 5.32 Å². The van der Waals surface area contributed by atoms with Crippen LogP contribution in [0.15, 0.2) is 24.5 Å². The van der Waals surface area contributed by atoms with E-state index in [1.54, 1.807) is 0 Å². The molecule has 1 aliphatic carbocycles. The van der Waals surface area contributed by atoms with E-state index >= 15 is 0 Å². The lowest BCUT2D eigenvalue weighted by molar-refractivity contribution is 0.218. The molecule has 1 saturated carbocycles. The average molecular weight is 260 g/mol. The van der Waals surface area contributed by atoms with E-state index in [9.17, 15) is 0 Å². The van der Waals surface area contributed by atoms with Crippen molar-refractivity contribution in [1.29, 1.82) is 0 Å². The molecule has 1 N–H and O–H groups in total. The number of hydrogen-bond acceptors (Lipinski definition) is 2. The van der Waals surface area contributed by atoms with Crippen molar-refractivity contribution in [2.24, 2.45) is 11.8 Å². The normalized spacial score (nSPS) is 25.2. The molecule has 2 heteroatoms. The van der Waals surface area contributed by atoms with Crippen molar-refractivity contribution in [3.63, 3.8) is 0 Å². The number of pyridine rings is 1. The lowest BCUT2D eigenvalue weighted by Crippen LogP contribution is -2.39. The molecule has 1 heterocycles. The van der Waals surface area contributed by atoms with Gasteiger partial charge in [-0.1, -0.05) is 33.1 Å². The first-order chi connectivity index (χ1) is 9.33. The van der Waals surface area contributed by atoms with Crippen LogP contribution >= 0.6 is 0 Å². The molecule has 1 aromatic heterocycles. The Morgan fingerprint density at radius 2 is 1.84 bits per heavy atom. The Morgan fingerprint density at radius 3 is 2.42 bits per heavy atom. The van der Waals surface area contributed by atoms with Crippen molar-refractivity contribution in [3.05, 3.63) is 30.1 Å². The molecule has 1 unspecified atom stereocenters. The molecule has 0 radical (unpaired) electrons. The Hall–Kier alpha value is -0.890. The van der Waals surface area contributed by atoms with E-state index in [2.05, 4.69) is 36.3 Å². The van der Waals surface area contributed by atoms with Gasteiger partial charge in [-0.2, -0.15) is 0 Å². The van der Waals surface area contributed by atoms with Crippen molar-refractivity contribution in [2.75, 3.05) is 6.54 Å². The predicted molar refractivity (Wildman–Crippen MR) is 81.1 cm³/mol. The molecule has 0 bridgehead atoms. The van der Waals surface area contributed by atoms with E-state index in [0.29, 0.717) is 6.04 Å². The molecule has 1 atom stereocenters. The van der Waals surface area contributed by atoms with Crippen LogP contribution in [0.25, 0.3) is 0 Å². The van der Waals surface area contributed by atoms with Gasteiger partial charge in [0.05, 0.1) is 0 Å². The molecule has 1 aromatic rings. The Labute approximate surface area is 118 Å². The third-order valence-electron chi connectivity index (χ3n) is 4.71. The van der Waals surface area contributed by atoms with Gasteiger partial charge in [0.25, 0.3) is 0 Å². The summed E-state index contributed by atoms with van der Waals surface area (Å²) in [5.41, 5.74) is 1.42. The van der Waals surface area contributed by atoms with Gasteiger partial charge >= 0.3 is 0 Å². The van der Waals surface area contributed by atoms with Gasteiger partial charge in [-0.25, -0.2) is 0 Å². The standard InChI is InChI=1S/C17H28N2/c1-3-14-5-7-16(8-6-14)17(19-4-2)13-15-9-11-18-12-10-15/h9-12,14,16-17,19H,3-8,13H2,1-2H3. The fraction of sp³-hybridized carbons (Fsp3) is 0.706. The molecule has 0 aromatic carbocycles. The maximum atomic E-state index is 4.11. The molecule has 0 spiro atoms. The van der Waals surface area contributed by atoms with Crippen molar-refractivity contribution >= 4 is 0 Å². The zero-order valence-electron chi connectivity index (χ0n) is 12.4.